The van der Waals surface area contributed by atoms with Gasteiger partial charge in [-0.25, -0.2) is 9.97 Å². The van der Waals surface area contributed by atoms with Crippen molar-refractivity contribution in [3.05, 3.63) is 18.5 Å². The van der Waals surface area contributed by atoms with E-state index in [0.717, 1.165) is 30.6 Å². The predicted molar refractivity (Wildman–Crippen MR) is 55.4 cm³/mol. The Bertz CT molecular complexity index is 264. The number of hydrogen-bond acceptors (Lipinski definition) is 5. The van der Waals surface area contributed by atoms with Gasteiger partial charge in [-0.3, -0.25) is 0 Å². The molecule has 0 saturated carbocycles. The first-order chi connectivity index (χ1) is 6.95. The van der Waals surface area contributed by atoms with Crippen molar-refractivity contribution in [2.45, 2.75) is 11.3 Å². The maximum atomic E-state index is 5.56. The van der Waals surface area contributed by atoms with Gasteiger partial charge in [-0.15, -0.1) is 0 Å². The van der Waals surface area contributed by atoms with E-state index in [4.69, 9.17) is 4.74 Å². The number of thioether (sulfide) groups is 1. The summed E-state index contributed by atoms with van der Waals surface area (Å²) in [7, 11) is 0. The summed E-state index contributed by atoms with van der Waals surface area (Å²) in [5.41, 5.74) is 0. The highest BCUT2D eigenvalue weighted by atomic mass is 32.2. The quantitative estimate of drug-likeness (QED) is 0.584. The topological polar surface area (TPSA) is 47.0 Å². The van der Waals surface area contributed by atoms with Crippen LogP contribution < -0.4 is 5.32 Å². The minimum Gasteiger partial charge on any atom is -0.375 e. The molecule has 2 heterocycles. The van der Waals surface area contributed by atoms with Crippen molar-refractivity contribution in [1.29, 1.82) is 0 Å². The molecule has 1 N–H and O–H groups in total. The lowest BCUT2D eigenvalue weighted by molar-refractivity contribution is 0.0440. The molecule has 76 valence electrons. The zero-order valence-corrected chi connectivity index (χ0v) is 8.67. The fraction of sp³-hybridized carbons (Fsp3) is 0.556. The van der Waals surface area contributed by atoms with Gasteiger partial charge in [0.25, 0.3) is 0 Å². The smallest absolute Gasteiger partial charge is 0.187 e. The lowest BCUT2D eigenvalue weighted by Gasteiger charge is -2.22. The third kappa shape index (κ3) is 2.94. The van der Waals surface area contributed by atoms with Crippen LogP contribution in [0.4, 0.5) is 0 Å². The number of nitrogens with zero attached hydrogens (tertiary/aromatic N) is 2. The van der Waals surface area contributed by atoms with Crippen LogP contribution >= 0.6 is 11.8 Å². The van der Waals surface area contributed by atoms with E-state index >= 15 is 0 Å². The summed E-state index contributed by atoms with van der Waals surface area (Å²) in [5, 5.41) is 4.11. The SMILES string of the molecule is c1cnc(SCC2CNCCO2)nc1. The van der Waals surface area contributed by atoms with Gasteiger partial charge in [-0.05, 0) is 6.07 Å². The zero-order valence-electron chi connectivity index (χ0n) is 7.85. The van der Waals surface area contributed by atoms with Gasteiger partial charge in [0.15, 0.2) is 5.16 Å². The van der Waals surface area contributed by atoms with Gasteiger partial charge in [0.2, 0.25) is 0 Å². The van der Waals surface area contributed by atoms with E-state index in [1.165, 1.54) is 0 Å². The van der Waals surface area contributed by atoms with Crippen molar-refractivity contribution in [3.63, 3.8) is 0 Å². The van der Waals surface area contributed by atoms with Crippen LogP contribution in [0.25, 0.3) is 0 Å². The molecule has 1 aliphatic heterocycles. The van der Waals surface area contributed by atoms with Gasteiger partial charge in [0, 0.05) is 31.2 Å². The number of nitrogens with one attached hydrogen (secondary N) is 1. The molecule has 0 amide bonds. The average Bonchev–Trinajstić information content (AvgIpc) is 2.29. The summed E-state index contributed by atoms with van der Waals surface area (Å²) in [5.74, 6) is 0.914. The molecule has 5 heteroatoms. The summed E-state index contributed by atoms with van der Waals surface area (Å²) >= 11 is 1.64. The molecular weight excluding hydrogens is 198 g/mol. The van der Waals surface area contributed by atoms with Gasteiger partial charge in [0.1, 0.15) is 0 Å². The molecule has 0 aliphatic carbocycles. The Morgan fingerprint density at radius 1 is 1.50 bits per heavy atom. The Hall–Kier alpha value is -0.650. The maximum absolute atomic E-state index is 5.56. The second-order valence-corrected chi connectivity index (χ2v) is 4.03. The first-order valence-electron chi connectivity index (χ1n) is 4.67. The Morgan fingerprint density at radius 2 is 2.36 bits per heavy atom. The fourth-order valence-electron chi connectivity index (χ4n) is 1.25. The van der Waals surface area contributed by atoms with Crippen LogP contribution in [0.15, 0.2) is 23.6 Å². The largest absolute Gasteiger partial charge is 0.375 e. The molecule has 1 atom stereocenters. The molecule has 4 nitrogen and oxygen atoms in total. The van der Waals surface area contributed by atoms with Crippen molar-refractivity contribution >= 4 is 11.8 Å². The van der Waals surface area contributed by atoms with Gasteiger partial charge >= 0.3 is 0 Å². The highest BCUT2D eigenvalue weighted by Gasteiger charge is 2.13. The van der Waals surface area contributed by atoms with Gasteiger partial charge in [0.05, 0.1) is 12.7 Å². The van der Waals surface area contributed by atoms with Crippen LogP contribution in [0.1, 0.15) is 0 Å². The molecule has 0 bridgehead atoms. The normalized spacial score (nSPS) is 22.1. The fourth-order valence-corrected chi connectivity index (χ4v) is 2.07. The second kappa shape index (κ2) is 5.29. The predicted octanol–water partition coefficient (Wildman–Crippen LogP) is 0.557. The molecule has 1 aliphatic rings. The van der Waals surface area contributed by atoms with E-state index < -0.39 is 0 Å². The van der Waals surface area contributed by atoms with Gasteiger partial charge in [-0.2, -0.15) is 0 Å². The molecule has 14 heavy (non-hydrogen) atoms. The zero-order chi connectivity index (χ0) is 9.64. The molecule has 0 radical (unpaired) electrons. The number of aromatic nitrogens is 2. The van der Waals surface area contributed by atoms with Crippen LogP contribution in [0.2, 0.25) is 0 Å². The number of ether oxygens (including phenoxy) is 1. The molecular formula is C9H13N3OS. The van der Waals surface area contributed by atoms with Crippen LogP contribution in [0.5, 0.6) is 0 Å². The molecule has 1 unspecified atom stereocenters. The van der Waals surface area contributed by atoms with Crippen molar-refractivity contribution in [2.75, 3.05) is 25.4 Å². The molecule has 2 rings (SSSR count). The third-order valence-corrected chi connectivity index (χ3v) is 2.95. The molecule has 1 aromatic heterocycles. The molecule has 0 aromatic carbocycles. The van der Waals surface area contributed by atoms with Gasteiger partial charge < -0.3 is 10.1 Å². The van der Waals surface area contributed by atoms with Crippen molar-refractivity contribution in [2.24, 2.45) is 0 Å². The summed E-state index contributed by atoms with van der Waals surface area (Å²) in [6.45, 7) is 2.70. The van der Waals surface area contributed by atoms with Crippen LogP contribution in [0.3, 0.4) is 0 Å². The summed E-state index contributed by atoms with van der Waals surface area (Å²) in [6, 6.07) is 1.82. The van der Waals surface area contributed by atoms with E-state index in [2.05, 4.69) is 15.3 Å². The Morgan fingerprint density at radius 3 is 3.07 bits per heavy atom. The van der Waals surface area contributed by atoms with Crippen LogP contribution in [-0.2, 0) is 4.74 Å². The second-order valence-electron chi connectivity index (χ2n) is 3.04. The lowest BCUT2D eigenvalue weighted by Crippen LogP contribution is -2.39. The first-order valence-corrected chi connectivity index (χ1v) is 5.66. The van der Waals surface area contributed by atoms with Gasteiger partial charge in [-0.1, -0.05) is 11.8 Å². The van der Waals surface area contributed by atoms with E-state index in [9.17, 15) is 0 Å². The molecule has 1 saturated heterocycles. The van der Waals surface area contributed by atoms with Crippen molar-refractivity contribution in [1.82, 2.24) is 15.3 Å². The van der Waals surface area contributed by atoms with Crippen LogP contribution in [-0.4, -0.2) is 41.5 Å². The van der Waals surface area contributed by atoms with Crippen molar-refractivity contribution in [3.8, 4) is 0 Å². The number of morpholine rings is 1. The van der Waals surface area contributed by atoms with E-state index in [1.54, 1.807) is 24.2 Å². The molecule has 1 fully saturated rings. The maximum Gasteiger partial charge on any atom is 0.187 e. The molecule has 1 aromatic rings. The van der Waals surface area contributed by atoms with E-state index in [1.807, 2.05) is 6.07 Å². The number of hydrogen-bond donors (Lipinski definition) is 1. The van der Waals surface area contributed by atoms with E-state index in [0.29, 0.717) is 0 Å². The summed E-state index contributed by atoms with van der Waals surface area (Å²) in [6.07, 6.45) is 3.81. The van der Waals surface area contributed by atoms with Crippen LogP contribution in [0, 0.1) is 0 Å². The molecule has 0 spiro atoms. The third-order valence-electron chi connectivity index (χ3n) is 1.94. The summed E-state index contributed by atoms with van der Waals surface area (Å²) < 4.78 is 5.56. The average molecular weight is 211 g/mol. The Kier molecular flexibility index (Phi) is 3.73. The van der Waals surface area contributed by atoms with E-state index in [-0.39, 0.29) is 6.10 Å². The summed E-state index contributed by atoms with van der Waals surface area (Å²) in [4.78, 5) is 8.28. The highest BCUT2D eigenvalue weighted by molar-refractivity contribution is 7.99. The highest BCUT2D eigenvalue weighted by Crippen LogP contribution is 2.14. The number of rotatable bonds is 3. The Balaban J connectivity index is 1.76. The minimum absolute atomic E-state index is 0.289. The lowest BCUT2D eigenvalue weighted by atomic mass is 10.3. The van der Waals surface area contributed by atoms with Crippen molar-refractivity contribution < 1.29 is 4.74 Å². The minimum atomic E-state index is 0.289. The standard InChI is InChI=1S/C9H13N3OS/c1-2-11-9(12-3-1)14-7-8-6-10-4-5-13-8/h1-3,8,10H,4-7H2. The monoisotopic (exact) mass is 211 g/mol. The Labute approximate surface area is 87.5 Å². The first kappa shape index (κ1) is 9.89.